The van der Waals surface area contributed by atoms with Crippen LogP contribution in [0.15, 0.2) is 16.7 Å². The van der Waals surface area contributed by atoms with Crippen molar-refractivity contribution in [1.82, 2.24) is 9.97 Å². The molecule has 0 unspecified atom stereocenters. The first-order chi connectivity index (χ1) is 6.47. The molecule has 0 aliphatic heterocycles. The number of oxazole rings is 1. The second kappa shape index (κ2) is 2.70. The molecule has 6 heteroatoms. The third-order valence-corrected chi connectivity index (χ3v) is 1.67. The Morgan fingerprint density at radius 3 is 2.71 bits per heavy atom. The Labute approximate surface area is 76.6 Å². The summed E-state index contributed by atoms with van der Waals surface area (Å²) < 4.78 is 41.5. The highest BCUT2D eigenvalue weighted by Gasteiger charge is 2.33. The lowest BCUT2D eigenvalue weighted by Crippen LogP contribution is -2.06. The molecule has 2 heterocycles. The molecule has 0 radical (unpaired) electrons. The predicted octanol–water partition coefficient (Wildman–Crippen LogP) is 2.55. The minimum atomic E-state index is -4.45. The Balaban J connectivity index is 2.62. The van der Waals surface area contributed by atoms with E-state index in [1.807, 2.05) is 0 Å². The Morgan fingerprint density at radius 2 is 2.07 bits per heavy atom. The van der Waals surface area contributed by atoms with Crippen molar-refractivity contribution in [3.63, 3.8) is 0 Å². The minimum absolute atomic E-state index is 0.102. The van der Waals surface area contributed by atoms with Gasteiger partial charge in [0.05, 0.1) is 6.20 Å². The average molecular weight is 202 g/mol. The lowest BCUT2D eigenvalue weighted by Gasteiger charge is -2.03. The summed E-state index contributed by atoms with van der Waals surface area (Å²) >= 11 is 0. The van der Waals surface area contributed by atoms with Crippen LogP contribution in [0.2, 0.25) is 0 Å². The molecule has 2 aromatic heterocycles. The van der Waals surface area contributed by atoms with Gasteiger partial charge in [0.15, 0.2) is 11.5 Å². The number of alkyl halides is 3. The van der Waals surface area contributed by atoms with E-state index in [1.54, 1.807) is 6.92 Å². The standard InChI is InChI=1S/C8H5F3N2O/c1-4-13-5-3-12-7(8(9,10)11)2-6(5)14-4/h2-3H,1H3. The van der Waals surface area contributed by atoms with Gasteiger partial charge in [0.1, 0.15) is 11.2 Å². The van der Waals surface area contributed by atoms with Gasteiger partial charge in [-0.15, -0.1) is 0 Å². The average Bonchev–Trinajstić information content (AvgIpc) is 2.41. The summed E-state index contributed by atoms with van der Waals surface area (Å²) in [6.45, 7) is 1.56. The monoisotopic (exact) mass is 202 g/mol. The van der Waals surface area contributed by atoms with Crippen molar-refractivity contribution in [2.45, 2.75) is 13.1 Å². The molecule has 0 fully saturated rings. The molecule has 14 heavy (non-hydrogen) atoms. The smallest absolute Gasteiger partial charge is 0.433 e. The van der Waals surface area contributed by atoms with Gasteiger partial charge in [-0.05, 0) is 0 Å². The van der Waals surface area contributed by atoms with Crippen LogP contribution in [0.4, 0.5) is 13.2 Å². The van der Waals surface area contributed by atoms with Gasteiger partial charge < -0.3 is 4.42 Å². The molecular weight excluding hydrogens is 197 g/mol. The maximum Gasteiger partial charge on any atom is 0.433 e. The summed E-state index contributed by atoms with van der Waals surface area (Å²) in [6, 6.07) is 0.843. The summed E-state index contributed by atoms with van der Waals surface area (Å²) in [7, 11) is 0. The Bertz CT molecular complexity index is 475. The molecule has 0 aromatic carbocycles. The molecule has 0 amide bonds. The molecule has 74 valence electrons. The zero-order chi connectivity index (χ0) is 10.3. The van der Waals surface area contributed by atoms with Crippen molar-refractivity contribution in [1.29, 1.82) is 0 Å². The second-order valence-electron chi connectivity index (χ2n) is 2.77. The fraction of sp³-hybridized carbons (Fsp3) is 0.250. The van der Waals surface area contributed by atoms with Gasteiger partial charge in [0, 0.05) is 13.0 Å². The molecule has 0 bridgehead atoms. The Morgan fingerprint density at radius 1 is 1.36 bits per heavy atom. The molecule has 2 rings (SSSR count). The SMILES string of the molecule is Cc1nc2cnc(C(F)(F)F)cc2o1. The zero-order valence-electron chi connectivity index (χ0n) is 7.09. The van der Waals surface area contributed by atoms with E-state index in [1.165, 1.54) is 0 Å². The third-order valence-electron chi connectivity index (χ3n) is 1.67. The van der Waals surface area contributed by atoms with Crippen molar-refractivity contribution < 1.29 is 17.6 Å². The van der Waals surface area contributed by atoms with Crippen LogP contribution in [0, 0.1) is 6.92 Å². The van der Waals surface area contributed by atoms with Gasteiger partial charge in [-0.2, -0.15) is 13.2 Å². The van der Waals surface area contributed by atoms with Crippen LogP contribution in [0.1, 0.15) is 11.6 Å². The minimum Gasteiger partial charge on any atom is -0.441 e. The van der Waals surface area contributed by atoms with E-state index in [2.05, 4.69) is 9.97 Å². The number of fused-ring (bicyclic) bond motifs is 1. The molecule has 0 aliphatic rings. The summed E-state index contributed by atoms with van der Waals surface area (Å²) in [5.74, 6) is 0.320. The quantitative estimate of drug-likeness (QED) is 0.658. The molecule has 2 aromatic rings. The maximum absolute atomic E-state index is 12.2. The van der Waals surface area contributed by atoms with E-state index >= 15 is 0 Å². The van der Waals surface area contributed by atoms with Crippen molar-refractivity contribution in [2.24, 2.45) is 0 Å². The van der Waals surface area contributed by atoms with E-state index in [0.717, 1.165) is 12.3 Å². The van der Waals surface area contributed by atoms with Crippen LogP contribution in [-0.2, 0) is 6.18 Å². The van der Waals surface area contributed by atoms with Gasteiger partial charge in [-0.3, -0.25) is 0 Å². The molecule has 0 saturated heterocycles. The highest BCUT2D eigenvalue weighted by Crippen LogP contribution is 2.29. The normalized spacial score (nSPS) is 12.3. The molecule has 0 N–H and O–H groups in total. The van der Waals surface area contributed by atoms with E-state index in [4.69, 9.17) is 4.42 Å². The summed E-state index contributed by atoms with van der Waals surface area (Å²) in [5.41, 5.74) is -0.540. The molecule has 0 aliphatic carbocycles. The first-order valence-corrected chi connectivity index (χ1v) is 3.77. The highest BCUT2D eigenvalue weighted by molar-refractivity contribution is 5.71. The summed E-state index contributed by atoms with van der Waals surface area (Å²) in [4.78, 5) is 7.08. The number of pyridine rings is 1. The van der Waals surface area contributed by atoms with Crippen LogP contribution >= 0.6 is 0 Å². The number of aromatic nitrogens is 2. The van der Waals surface area contributed by atoms with Crippen LogP contribution in [0.25, 0.3) is 11.1 Å². The van der Waals surface area contributed by atoms with Crippen molar-refractivity contribution in [2.75, 3.05) is 0 Å². The molecule has 3 nitrogen and oxygen atoms in total. The largest absolute Gasteiger partial charge is 0.441 e. The maximum atomic E-state index is 12.2. The number of halogens is 3. The number of nitrogens with zero attached hydrogens (tertiary/aromatic N) is 2. The van der Waals surface area contributed by atoms with E-state index in [-0.39, 0.29) is 5.58 Å². The molecule has 0 atom stereocenters. The van der Waals surface area contributed by atoms with E-state index in [0.29, 0.717) is 11.4 Å². The van der Waals surface area contributed by atoms with Crippen molar-refractivity contribution in [3.05, 3.63) is 23.8 Å². The van der Waals surface area contributed by atoms with Crippen LogP contribution in [0.3, 0.4) is 0 Å². The van der Waals surface area contributed by atoms with Crippen LogP contribution < -0.4 is 0 Å². The first kappa shape index (κ1) is 8.98. The Kier molecular flexibility index (Phi) is 1.73. The second-order valence-corrected chi connectivity index (χ2v) is 2.77. The van der Waals surface area contributed by atoms with Crippen molar-refractivity contribution in [3.8, 4) is 0 Å². The fourth-order valence-electron chi connectivity index (χ4n) is 1.10. The molecule has 0 spiro atoms. The molecular formula is C8H5F3N2O. The topological polar surface area (TPSA) is 38.9 Å². The number of hydrogen-bond donors (Lipinski definition) is 0. The van der Waals surface area contributed by atoms with Gasteiger partial charge in [-0.1, -0.05) is 0 Å². The van der Waals surface area contributed by atoms with E-state index in [9.17, 15) is 13.2 Å². The third kappa shape index (κ3) is 1.43. The Hall–Kier alpha value is -1.59. The number of aryl methyl sites for hydroxylation is 1. The lowest BCUT2D eigenvalue weighted by atomic mass is 10.3. The first-order valence-electron chi connectivity index (χ1n) is 3.77. The number of hydrogen-bond acceptors (Lipinski definition) is 3. The molecule has 0 saturated carbocycles. The summed E-state index contributed by atoms with van der Waals surface area (Å²) in [6.07, 6.45) is -3.40. The summed E-state index contributed by atoms with van der Waals surface area (Å²) in [5, 5.41) is 0. The van der Waals surface area contributed by atoms with Crippen LogP contribution in [0.5, 0.6) is 0 Å². The predicted molar refractivity (Wildman–Crippen MR) is 41.5 cm³/mol. The van der Waals surface area contributed by atoms with Crippen LogP contribution in [-0.4, -0.2) is 9.97 Å². The highest BCUT2D eigenvalue weighted by atomic mass is 19.4. The van der Waals surface area contributed by atoms with Crippen molar-refractivity contribution >= 4 is 11.1 Å². The fourth-order valence-corrected chi connectivity index (χ4v) is 1.10. The van der Waals surface area contributed by atoms with Gasteiger partial charge in [0.2, 0.25) is 0 Å². The number of rotatable bonds is 0. The van der Waals surface area contributed by atoms with E-state index < -0.39 is 11.9 Å². The van der Waals surface area contributed by atoms with Gasteiger partial charge in [-0.25, -0.2) is 9.97 Å². The van der Waals surface area contributed by atoms with Gasteiger partial charge in [0.25, 0.3) is 0 Å². The van der Waals surface area contributed by atoms with Gasteiger partial charge >= 0.3 is 6.18 Å². The lowest BCUT2D eigenvalue weighted by molar-refractivity contribution is -0.141. The zero-order valence-corrected chi connectivity index (χ0v) is 7.09.